The van der Waals surface area contributed by atoms with E-state index in [-0.39, 0.29) is 5.57 Å². The summed E-state index contributed by atoms with van der Waals surface area (Å²) in [5.41, 5.74) is 2.30. The van der Waals surface area contributed by atoms with Crippen molar-refractivity contribution >= 4 is 52.5 Å². The van der Waals surface area contributed by atoms with Gasteiger partial charge in [-0.3, -0.25) is 14.9 Å². The maximum atomic E-state index is 12.7. The number of nitrogens with zero attached hydrogens (tertiary/aromatic N) is 1. The third-order valence-electron chi connectivity index (χ3n) is 3.73. The molecule has 0 unspecified atom stereocenters. The lowest BCUT2D eigenvalue weighted by Gasteiger charge is -2.26. The number of aryl methyl sites for hydroxylation is 2. The van der Waals surface area contributed by atoms with Crippen molar-refractivity contribution in [3.8, 4) is 0 Å². The van der Waals surface area contributed by atoms with E-state index in [2.05, 4.69) is 5.32 Å². The first-order valence-electron chi connectivity index (χ1n) is 7.11. The van der Waals surface area contributed by atoms with Gasteiger partial charge in [-0.15, -0.1) is 11.3 Å². The minimum absolute atomic E-state index is 0.105. The number of carbonyl (C=O) groups excluding carboxylic acids is 3. The molecule has 1 fully saturated rings. The first kappa shape index (κ1) is 16.4. The van der Waals surface area contributed by atoms with E-state index < -0.39 is 17.8 Å². The minimum Gasteiger partial charge on any atom is -0.273 e. The van der Waals surface area contributed by atoms with Gasteiger partial charge in [0.25, 0.3) is 11.8 Å². The Morgan fingerprint density at radius 3 is 2.46 bits per heavy atom. The molecule has 0 saturated carbocycles. The second kappa shape index (κ2) is 6.22. The van der Waals surface area contributed by atoms with Gasteiger partial charge in [-0.25, -0.2) is 9.69 Å². The van der Waals surface area contributed by atoms with Crippen molar-refractivity contribution in [3.63, 3.8) is 0 Å². The van der Waals surface area contributed by atoms with Crippen molar-refractivity contribution in [2.24, 2.45) is 0 Å². The lowest BCUT2D eigenvalue weighted by atomic mass is 10.1. The van der Waals surface area contributed by atoms with Crippen LogP contribution < -0.4 is 10.2 Å². The van der Waals surface area contributed by atoms with Gasteiger partial charge in [-0.05, 0) is 55.3 Å². The van der Waals surface area contributed by atoms with Crippen molar-refractivity contribution in [2.75, 3.05) is 4.90 Å². The van der Waals surface area contributed by atoms with Crippen LogP contribution in [0.5, 0.6) is 0 Å². The van der Waals surface area contributed by atoms with E-state index in [0.717, 1.165) is 16.0 Å². The fraction of sp³-hybridized carbons (Fsp3) is 0.118. The molecule has 1 saturated heterocycles. The third kappa shape index (κ3) is 2.98. The Hall–Kier alpha value is -2.44. The second-order valence-corrected chi connectivity index (χ2v) is 7.11. The minimum atomic E-state index is -0.755. The van der Waals surface area contributed by atoms with Crippen molar-refractivity contribution < 1.29 is 14.4 Å². The number of halogens is 1. The molecule has 0 atom stereocenters. The number of amides is 4. The Labute approximate surface area is 147 Å². The molecule has 2 heterocycles. The summed E-state index contributed by atoms with van der Waals surface area (Å²) in [6.45, 7) is 3.83. The number of hydrogen-bond donors (Lipinski definition) is 1. The van der Waals surface area contributed by atoms with Crippen molar-refractivity contribution in [3.05, 3.63) is 56.2 Å². The molecule has 122 valence electrons. The molecule has 1 N–H and O–H groups in total. The summed E-state index contributed by atoms with van der Waals surface area (Å²) in [5, 5.41) is 2.20. The van der Waals surface area contributed by atoms with Gasteiger partial charge in [-0.1, -0.05) is 17.7 Å². The molecule has 2 aromatic rings. The zero-order valence-corrected chi connectivity index (χ0v) is 14.5. The fourth-order valence-corrected chi connectivity index (χ4v) is 3.31. The highest BCUT2D eigenvalue weighted by Crippen LogP contribution is 2.27. The fourth-order valence-electron chi connectivity index (χ4n) is 2.30. The highest BCUT2D eigenvalue weighted by Gasteiger charge is 2.36. The summed E-state index contributed by atoms with van der Waals surface area (Å²) in [5.74, 6) is -1.37. The van der Waals surface area contributed by atoms with Gasteiger partial charge >= 0.3 is 6.03 Å². The monoisotopic (exact) mass is 360 g/mol. The molecule has 0 spiro atoms. The summed E-state index contributed by atoms with van der Waals surface area (Å²) >= 11 is 7.11. The van der Waals surface area contributed by atoms with E-state index >= 15 is 0 Å². The van der Waals surface area contributed by atoms with Crippen LogP contribution in [0.25, 0.3) is 6.08 Å². The Morgan fingerprint density at radius 1 is 1.08 bits per heavy atom. The number of nitrogens with one attached hydrogen (secondary N) is 1. The van der Waals surface area contributed by atoms with E-state index in [1.807, 2.05) is 19.9 Å². The molecule has 1 aromatic carbocycles. The first-order valence-corrected chi connectivity index (χ1v) is 8.30. The normalized spacial score (nSPS) is 16.7. The third-order valence-corrected chi connectivity index (χ3v) is 4.91. The topological polar surface area (TPSA) is 66.5 Å². The molecule has 7 heteroatoms. The molecule has 5 nitrogen and oxygen atoms in total. The number of thiophene rings is 1. The molecule has 0 bridgehead atoms. The van der Waals surface area contributed by atoms with E-state index in [9.17, 15) is 14.4 Å². The zero-order chi connectivity index (χ0) is 17.4. The maximum Gasteiger partial charge on any atom is 0.335 e. The van der Waals surface area contributed by atoms with Gasteiger partial charge in [-0.2, -0.15) is 0 Å². The summed E-state index contributed by atoms with van der Waals surface area (Å²) in [4.78, 5) is 38.5. The van der Waals surface area contributed by atoms with Crippen LogP contribution in [0.2, 0.25) is 4.34 Å². The number of barbiturate groups is 1. The Kier molecular flexibility index (Phi) is 4.26. The molecule has 0 aliphatic carbocycles. The number of imide groups is 2. The zero-order valence-electron chi connectivity index (χ0n) is 12.9. The quantitative estimate of drug-likeness (QED) is 0.656. The lowest BCUT2D eigenvalue weighted by molar-refractivity contribution is -0.122. The largest absolute Gasteiger partial charge is 0.335 e. The molecule has 3 rings (SSSR count). The van der Waals surface area contributed by atoms with Crippen LogP contribution in [0.4, 0.5) is 10.5 Å². The standard InChI is InChI=1S/C17H13ClN2O3S/c1-9-3-4-11(7-10(9)2)20-16(22)13(15(21)19-17(20)23)8-12-5-6-14(18)24-12/h3-8H,1-2H3,(H,19,21,23)/b13-8+. The SMILES string of the molecule is Cc1ccc(N2C(=O)NC(=O)/C(=C\c3ccc(Cl)s3)C2=O)cc1C. The summed E-state index contributed by atoms with van der Waals surface area (Å²) in [7, 11) is 0. The van der Waals surface area contributed by atoms with Crippen molar-refractivity contribution in [2.45, 2.75) is 13.8 Å². The molecular formula is C17H13ClN2O3S. The number of carbonyl (C=O) groups is 3. The predicted molar refractivity (Wildman–Crippen MR) is 94.2 cm³/mol. The van der Waals surface area contributed by atoms with Gasteiger partial charge in [0, 0.05) is 4.88 Å². The second-order valence-electron chi connectivity index (χ2n) is 5.37. The van der Waals surface area contributed by atoms with Crippen LogP contribution in [-0.4, -0.2) is 17.8 Å². The van der Waals surface area contributed by atoms with Crippen molar-refractivity contribution in [1.82, 2.24) is 5.32 Å². The van der Waals surface area contributed by atoms with E-state index in [0.29, 0.717) is 14.9 Å². The Balaban J connectivity index is 2.02. The average Bonchev–Trinajstić information content (AvgIpc) is 2.92. The van der Waals surface area contributed by atoms with E-state index in [1.165, 1.54) is 17.4 Å². The van der Waals surface area contributed by atoms with Crippen molar-refractivity contribution in [1.29, 1.82) is 0 Å². The van der Waals surface area contributed by atoms with Gasteiger partial charge in [0.1, 0.15) is 5.57 Å². The van der Waals surface area contributed by atoms with Gasteiger partial charge in [0.15, 0.2) is 0 Å². The van der Waals surface area contributed by atoms with Crippen LogP contribution >= 0.6 is 22.9 Å². The Morgan fingerprint density at radius 2 is 1.83 bits per heavy atom. The molecule has 1 aliphatic heterocycles. The predicted octanol–water partition coefficient (Wildman–Crippen LogP) is 3.68. The summed E-state index contributed by atoms with van der Waals surface area (Å²) in [6, 6.07) is 7.87. The van der Waals surface area contributed by atoms with Crippen LogP contribution in [-0.2, 0) is 9.59 Å². The molecule has 1 aromatic heterocycles. The number of urea groups is 1. The summed E-state index contributed by atoms with van der Waals surface area (Å²) in [6.07, 6.45) is 1.44. The number of benzene rings is 1. The van der Waals surface area contributed by atoms with E-state index in [4.69, 9.17) is 11.6 Å². The van der Waals surface area contributed by atoms with E-state index in [1.54, 1.807) is 24.3 Å². The molecule has 1 aliphatic rings. The highest BCUT2D eigenvalue weighted by molar-refractivity contribution is 7.17. The van der Waals surface area contributed by atoms with Crippen LogP contribution in [0, 0.1) is 13.8 Å². The molecule has 0 radical (unpaired) electrons. The van der Waals surface area contributed by atoms with Crippen LogP contribution in [0.3, 0.4) is 0 Å². The average molecular weight is 361 g/mol. The maximum absolute atomic E-state index is 12.7. The number of rotatable bonds is 2. The van der Waals surface area contributed by atoms with Crippen LogP contribution in [0.15, 0.2) is 35.9 Å². The summed E-state index contributed by atoms with van der Waals surface area (Å²) < 4.78 is 0.549. The highest BCUT2D eigenvalue weighted by atomic mass is 35.5. The molecule has 4 amide bonds. The van der Waals surface area contributed by atoms with Crippen LogP contribution in [0.1, 0.15) is 16.0 Å². The van der Waals surface area contributed by atoms with Gasteiger partial charge in [0.05, 0.1) is 10.0 Å². The first-order chi connectivity index (χ1) is 11.4. The molecule has 24 heavy (non-hydrogen) atoms. The lowest BCUT2D eigenvalue weighted by Crippen LogP contribution is -2.54. The number of anilines is 1. The smallest absolute Gasteiger partial charge is 0.273 e. The Bertz CT molecular complexity index is 901. The number of hydrogen-bond acceptors (Lipinski definition) is 4. The van der Waals surface area contributed by atoms with Gasteiger partial charge < -0.3 is 0 Å². The van der Waals surface area contributed by atoms with Gasteiger partial charge in [0.2, 0.25) is 0 Å². The molecular weight excluding hydrogens is 348 g/mol.